The molecule has 1 N–H and O–H groups in total. The van der Waals surface area contributed by atoms with E-state index in [-0.39, 0.29) is 11.5 Å². The minimum absolute atomic E-state index is 0.105. The van der Waals surface area contributed by atoms with Crippen molar-refractivity contribution in [1.82, 2.24) is 0 Å². The first-order valence-corrected chi connectivity index (χ1v) is 8.20. The summed E-state index contributed by atoms with van der Waals surface area (Å²) in [6.45, 7) is 2.30. The first kappa shape index (κ1) is 12.8. The Morgan fingerprint density at radius 3 is 2.95 bits per heavy atom. The van der Waals surface area contributed by atoms with Crippen LogP contribution < -0.4 is 0 Å². The number of ketones is 1. The Morgan fingerprint density at radius 2 is 2.10 bits per heavy atom. The number of aliphatic hydroxyl groups is 1. The van der Waals surface area contributed by atoms with Gasteiger partial charge in [-0.3, -0.25) is 4.79 Å². The summed E-state index contributed by atoms with van der Waals surface area (Å²) in [4.78, 5) is 11.6. The van der Waals surface area contributed by atoms with E-state index in [1.165, 1.54) is 18.4 Å². The molecule has 6 atom stereocenters. The molecule has 4 aliphatic carbocycles. The van der Waals surface area contributed by atoms with E-state index in [1.807, 2.05) is 6.08 Å². The maximum absolute atomic E-state index is 11.6. The lowest BCUT2D eigenvalue weighted by atomic mass is 9.54. The quantitative estimate of drug-likeness (QED) is 0.735. The Kier molecular flexibility index (Phi) is 2.76. The van der Waals surface area contributed by atoms with Gasteiger partial charge in [-0.15, -0.1) is 0 Å². The number of allylic oxidation sites excluding steroid dienone is 4. The highest BCUT2D eigenvalue weighted by Crippen LogP contribution is 2.60. The predicted molar refractivity (Wildman–Crippen MR) is 78.0 cm³/mol. The lowest BCUT2D eigenvalue weighted by molar-refractivity contribution is -0.115. The maximum Gasteiger partial charge on any atom is 0.155 e. The molecule has 0 heterocycles. The Hall–Kier alpha value is -0.890. The molecular weight excluding hydrogens is 248 g/mol. The molecule has 2 fully saturated rings. The summed E-state index contributed by atoms with van der Waals surface area (Å²) in [6, 6.07) is 0. The van der Waals surface area contributed by atoms with Crippen LogP contribution >= 0.6 is 0 Å². The molecule has 0 spiro atoms. The predicted octanol–water partition coefficient (Wildman–Crippen LogP) is 3.27. The van der Waals surface area contributed by atoms with Gasteiger partial charge in [0, 0.05) is 6.42 Å². The lowest BCUT2D eigenvalue weighted by Crippen LogP contribution is -2.46. The lowest BCUT2D eigenvalue weighted by Gasteiger charge is -2.51. The van der Waals surface area contributed by atoms with E-state index in [1.54, 1.807) is 0 Å². The molecular formula is C18H24O2. The van der Waals surface area contributed by atoms with Gasteiger partial charge in [0.1, 0.15) is 0 Å². The highest BCUT2D eigenvalue weighted by atomic mass is 16.3. The van der Waals surface area contributed by atoms with E-state index in [4.69, 9.17) is 0 Å². The number of carbonyl (C=O) groups is 1. The fraction of sp³-hybridized carbons (Fsp3) is 0.722. The zero-order valence-corrected chi connectivity index (χ0v) is 12.2. The fourth-order valence-corrected chi connectivity index (χ4v) is 5.63. The average molecular weight is 272 g/mol. The van der Waals surface area contributed by atoms with Crippen LogP contribution in [0.4, 0.5) is 0 Å². The van der Waals surface area contributed by atoms with Gasteiger partial charge in [0.25, 0.3) is 0 Å². The van der Waals surface area contributed by atoms with E-state index in [0.717, 1.165) is 25.7 Å². The van der Waals surface area contributed by atoms with E-state index in [9.17, 15) is 9.90 Å². The molecule has 2 saturated carbocycles. The Morgan fingerprint density at radius 1 is 1.25 bits per heavy atom. The van der Waals surface area contributed by atoms with Gasteiger partial charge in [0.15, 0.2) is 5.78 Å². The van der Waals surface area contributed by atoms with Crippen molar-refractivity contribution in [2.45, 2.75) is 51.6 Å². The molecule has 2 heteroatoms. The van der Waals surface area contributed by atoms with E-state index < -0.39 is 0 Å². The SMILES string of the molecule is C[C@]12CC[C@H]3[C@H](C=CC4=CC(=O)CC[C@H]43)[C@@H]1CC[C@H]2O. The summed E-state index contributed by atoms with van der Waals surface area (Å²) in [5, 5.41) is 10.4. The number of rotatable bonds is 0. The third-order valence-corrected chi connectivity index (χ3v) is 6.82. The molecule has 0 aromatic heterocycles. The third-order valence-electron chi connectivity index (χ3n) is 6.82. The third kappa shape index (κ3) is 1.64. The maximum atomic E-state index is 11.6. The molecule has 0 bridgehead atoms. The van der Waals surface area contributed by atoms with E-state index >= 15 is 0 Å². The van der Waals surface area contributed by atoms with Crippen LogP contribution in [0, 0.1) is 29.1 Å². The molecule has 0 amide bonds. The average Bonchev–Trinajstić information content (AvgIpc) is 2.74. The smallest absolute Gasteiger partial charge is 0.155 e. The Balaban J connectivity index is 1.69. The molecule has 0 aromatic carbocycles. The summed E-state index contributed by atoms with van der Waals surface area (Å²) < 4.78 is 0. The normalized spacial score (nSPS) is 50.2. The number of aliphatic hydroxyl groups excluding tert-OH is 1. The fourth-order valence-electron chi connectivity index (χ4n) is 5.63. The van der Waals surface area contributed by atoms with Crippen LogP contribution in [0.15, 0.2) is 23.8 Å². The van der Waals surface area contributed by atoms with Crippen LogP contribution in [0.3, 0.4) is 0 Å². The van der Waals surface area contributed by atoms with Crippen LogP contribution in [0.25, 0.3) is 0 Å². The number of carbonyl (C=O) groups excluding carboxylic acids is 1. The van der Waals surface area contributed by atoms with E-state index in [0.29, 0.717) is 29.5 Å². The summed E-state index contributed by atoms with van der Waals surface area (Å²) in [5.41, 5.74) is 1.42. The summed E-state index contributed by atoms with van der Waals surface area (Å²) in [5.74, 6) is 2.89. The molecule has 0 aliphatic heterocycles. The Labute approximate surface area is 120 Å². The van der Waals surface area contributed by atoms with Crippen LogP contribution in [-0.2, 0) is 4.79 Å². The van der Waals surface area contributed by atoms with Gasteiger partial charge in [-0.2, -0.15) is 0 Å². The van der Waals surface area contributed by atoms with Gasteiger partial charge >= 0.3 is 0 Å². The van der Waals surface area contributed by atoms with Gasteiger partial charge in [-0.1, -0.05) is 19.1 Å². The second-order valence-electron chi connectivity index (χ2n) is 7.60. The van der Waals surface area contributed by atoms with Crippen molar-refractivity contribution < 1.29 is 9.90 Å². The summed E-state index contributed by atoms with van der Waals surface area (Å²) in [6.07, 6.45) is 12.7. The molecule has 0 saturated heterocycles. The van der Waals surface area contributed by atoms with Gasteiger partial charge < -0.3 is 5.11 Å². The van der Waals surface area contributed by atoms with Crippen molar-refractivity contribution in [3.8, 4) is 0 Å². The van der Waals surface area contributed by atoms with Gasteiger partial charge in [-0.05, 0) is 72.8 Å². The molecule has 0 aromatic rings. The highest BCUT2D eigenvalue weighted by molar-refractivity contribution is 5.91. The topological polar surface area (TPSA) is 37.3 Å². The number of hydrogen-bond acceptors (Lipinski definition) is 2. The van der Waals surface area contributed by atoms with Crippen LogP contribution in [-0.4, -0.2) is 17.0 Å². The van der Waals surface area contributed by atoms with Crippen LogP contribution in [0.5, 0.6) is 0 Å². The first-order chi connectivity index (χ1) is 9.59. The molecule has 4 aliphatic rings. The second-order valence-corrected chi connectivity index (χ2v) is 7.60. The molecule has 2 nitrogen and oxygen atoms in total. The van der Waals surface area contributed by atoms with Crippen molar-refractivity contribution in [2.24, 2.45) is 29.1 Å². The molecule has 4 rings (SSSR count). The number of fused-ring (bicyclic) bond motifs is 5. The van der Waals surface area contributed by atoms with Gasteiger partial charge in [0.2, 0.25) is 0 Å². The van der Waals surface area contributed by atoms with Crippen molar-refractivity contribution in [3.05, 3.63) is 23.8 Å². The van der Waals surface area contributed by atoms with Crippen molar-refractivity contribution >= 4 is 5.78 Å². The second kappa shape index (κ2) is 4.30. The Bertz CT molecular complexity index is 504. The van der Waals surface area contributed by atoms with E-state index in [2.05, 4.69) is 19.1 Å². The summed E-state index contributed by atoms with van der Waals surface area (Å²) in [7, 11) is 0. The van der Waals surface area contributed by atoms with Crippen molar-refractivity contribution in [1.29, 1.82) is 0 Å². The molecule has 20 heavy (non-hydrogen) atoms. The van der Waals surface area contributed by atoms with Gasteiger partial charge in [-0.25, -0.2) is 0 Å². The van der Waals surface area contributed by atoms with Crippen molar-refractivity contribution in [3.63, 3.8) is 0 Å². The molecule has 0 unspecified atom stereocenters. The highest BCUT2D eigenvalue weighted by Gasteiger charge is 2.54. The van der Waals surface area contributed by atoms with Crippen LogP contribution in [0.2, 0.25) is 0 Å². The standard InChI is InChI=1S/C18H24O2/c1-18-9-8-14-13-5-3-12(19)10-11(13)2-4-15(14)16(18)6-7-17(18)20/h2,4,10,13-17,20H,3,5-9H2,1H3/t13-,14-,15+,16+,17-,18+/m1/s1. The zero-order valence-electron chi connectivity index (χ0n) is 12.2. The molecule has 0 radical (unpaired) electrons. The minimum atomic E-state index is -0.105. The first-order valence-electron chi connectivity index (χ1n) is 8.20. The van der Waals surface area contributed by atoms with Crippen LogP contribution in [0.1, 0.15) is 45.4 Å². The largest absolute Gasteiger partial charge is 0.393 e. The summed E-state index contributed by atoms with van der Waals surface area (Å²) >= 11 is 0. The van der Waals surface area contributed by atoms with Gasteiger partial charge in [0.05, 0.1) is 6.10 Å². The zero-order chi connectivity index (χ0) is 13.9. The minimum Gasteiger partial charge on any atom is -0.393 e. The number of hydrogen-bond donors (Lipinski definition) is 1. The monoisotopic (exact) mass is 272 g/mol. The van der Waals surface area contributed by atoms with Crippen molar-refractivity contribution in [2.75, 3.05) is 0 Å². The molecule has 108 valence electrons.